The van der Waals surface area contributed by atoms with Gasteiger partial charge in [0.2, 0.25) is 5.95 Å². The second-order valence-electron chi connectivity index (χ2n) is 7.92. The highest BCUT2D eigenvalue weighted by molar-refractivity contribution is 7.13. The Morgan fingerprint density at radius 2 is 1.92 bits per heavy atom. The van der Waals surface area contributed by atoms with Crippen LogP contribution >= 0.6 is 11.3 Å². The van der Waals surface area contributed by atoms with E-state index in [1.807, 2.05) is 13.8 Å². The van der Waals surface area contributed by atoms with Crippen molar-refractivity contribution in [3.63, 3.8) is 0 Å². The van der Waals surface area contributed by atoms with Crippen molar-refractivity contribution in [2.24, 2.45) is 0 Å². The number of nitrogens with one attached hydrogen (secondary N) is 2. The molecule has 37 heavy (non-hydrogen) atoms. The van der Waals surface area contributed by atoms with E-state index >= 15 is 0 Å². The summed E-state index contributed by atoms with van der Waals surface area (Å²) >= 11 is 1.30. The molecule has 0 bridgehead atoms. The summed E-state index contributed by atoms with van der Waals surface area (Å²) < 4.78 is 30.0. The highest BCUT2D eigenvalue weighted by atomic mass is 32.1. The number of carbonyl (C=O) groups is 1. The van der Waals surface area contributed by atoms with Gasteiger partial charge >= 0.3 is 0 Å². The number of carbonyl (C=O) groups excluding carboxylic acids is 1. The number of hydrogen-bond donors (Lipinski definition) is 3. The van der Waals surface area contributed by atoms with Crippen molar-refractivity contribution in [3.05, 3.63) is 53.6 Å². The number of aliphatic hydroxyl groups is 1. The molecule has 5 rings (SSSR count). The Hall–Kier alpha value is -3.51. The Bertz CT molecular complexity index is 1270. The van der Waals surface area contributed by atoms with Crippen LogP contribution in [0, 0.1) is 11.8 Å². The zero-order valence-electron chi connectivity index (χ0n) is 21.0. The number of aromatic amines is 1. The minimum absolute atomic E-state index is 0.0891. The molecule has 0 atom stereocenters. The number of aliphatic hydroxyl groups excluding tert-OH is 1. The molecule has 0 aliphatic heterocycles. The molecule has 1 amide bonds. The Labute approximate surface area is 218 Å². The van der Waals surface area contributed by atoms with E-state index in [0.29, 0.717) is 5.01 Å². The van der Waals surface area contributed by atoms with Gasteiger partial charge in [-0.1, -0.05) is 33.1 Å². The van der Waals surface area contributed by atoms with E-state index in [-0.39, 0.29) is 35.4 Å². The van der Waals surface area contributed by atoms with Gasteiger partial charge in [-0.3, -0.25) is 14.6 Å². The van der Waals surface area contributed by atoms with Gasteiger partial charge in [-0.05, 0) is 31.9 Å². The van der Waals surface area contributed by atoms with Crippen LogP contribution in [0.2, 0.25) is 0 Å². The Morgan fingerprint density at radius 1 is 1.19 bits per heavy atom. The lowest BCUT2D eigenvalue weighted by Gasteiger charge is -2.21. The summed E-state index contributed by atoms with van der Waals surface area (Å²) in [5.41, 5.74) is 1.08. The third-order valence-corrected chi connectivity index (χ3v) is 6.34. The van der Waals surface area contributed by atoms with Gasteiger partial charge in [0.15, 0.2) is 5.82 Å². The predicted octanol–water partition coefficient (Wildman–Crippen LogP) is 5.85. The normalized spacial score (nSPS) is 13.2. The molecule has 0 radical (unpaired) electrons. The maximum Gasteiger partial charge on any atom is 0.275 e. The topological polar surface area (TPSA) is 122 Å². The van der Waals surface area contributed by atoms with Crippen molar-refractivity contribution in [2.45, 2.75) is 58.9 Å². The first kappa shape index (κ1) is 28.1. The Kier molecular flexibility index (Phi) is 10.4. The second kappa shape index (κ2) is 13.7. The third kappa shape index (κ3) is 7.04. The standard InChI is InChI=1S/C21H19F2N7OS.C2H6O.C2H6/c22-14-6-7-17(23)28-18(14)19-15(10-30(29-19)13-4-2-1-3-5-13)26-20(31)16-11-32-21(27-16)12-8-24-25-9-12;1-2-3;1-2/h6-11,13H,1-5H2,(H,24,25)(H,26,31);3H,2H2,1H3;1-2H3. The Morgan fingerprint density at radius 3 is 2.59 bits per heavy atom. The molecule has 4 aromatic heterocycles. The number of anilines is 1. The number of thiazole rings is 1. The summed E-state index contributed by atoms with van der Waals surface area (Å²) in [4.78, 5) is 20.9. The van der Waals surface area contributed by atoms with E-state index in [4.69, 9.17) is 5.11 Å². The largest absolute Gasteiger partial charge is 0.397 e. The number of hydrogen-bond acceptors (Lipinski definition) is 7. The molecule has 0 saturated heterocycles. The lowest BCUT2D eigenvalue weighted by Crippen LogP contribution is -2.14. The summed E-state index contributed by atoms with van der Waals surface area (Å²) in [5.74, 6) is -2.01. The first-order valence-corrected chi connectivity index (χ1v) is 13.2. The van der Waals surface area contributed by atoms with Gasteiger partial charge in [0.05, 0.1) is 17.9 Å². The van der Waals surface area contributed by atoms with Crippen molar-refractivity contribution in [3.8, 4) is 22.0 Å². The van der Waals surface area contributed by atoms with Crippen LogP contribution < -0.4 is 5.32 Å². The van der Waals surface area contributed by atoms with E-state index in [1.165, 1.54) is 11.3 Å². The minimum Gasteiger partial charge on any atom is -0.397 e. The fourth-order valence-corrected chi connectivity index (χ4v) is 4.62. The average molecular weight is 532 g/mol. The minimum atomic E-state index is -0.824. The molecule has 1 saturated carbocycles. The molecule has 1 fully saturated rings. The van der Waals surface area contributed by atoms with Crippen molar-refractivity contribution in [1.82, 2.24) is 29.9 Å². The quantitative estimate of drug-likeness (QED) is 0.278. The molecule has 1 aliphatic rings. The van der Waals surface area contributed by atoms with Crippen molar-refractivity contribution in [1.29, 1.82) is 0 Å². The zero-order chi connectivity index (χ0) is 26.8. The van der Waals surface area contributed by atoms with Crippen LogP contribution in [0.1, 0.15) is 69.4 Å². The van der Waals surface area contributed by atoms with Crippen LogP contribution in [-0.2, 0) is 0 Å². The van der Waals surface area contributed by atoms with Crippen molar-refractivity contribution in [2.75, 3.05) is 11.9 Å². The van der Waals surface area contributed by atoms with Gasteiger partial charge in [-0.15, -0.1) is 11.3 Å². The first-order valence-electron chi connectivity index (χ1n) is 12.3. The van der Waals surface area contributed by atoms with Gasteiger partial charge in [-0.2, -0.15) is 14.6 Å². The van der Waals surface area contributed by atoms with Crippen LogP contribution in [0.25, 0.3) is 22.0 Å². The summed E-state index contributed by atoms with van der Waals surface area (Å²) in [6.07, 6.45) is 10.2. The lowest BCUT2D eigenvalue weighted by molar-refractivity contribution is 0.102. The molecule has 4 heterocycles. The van der Waals surface area contributed by atoms with E-state index in [0.717, 1.165) is 49.8 Å². The number of nitrogens with zero attached hydrogens (tertiary/aromatic N) is 5. The van der Waals surface area contributed by atoms with E-state index in [1.54, 1.807) is 35.6 Å². The second-order valence-corrected chi connectivity index (χ2v) is 8.78. The monoisotopic (exact) mass is 531 g/mol. The van der Waals surface area contributed by atoms with Gasteiger partial charge in [0, 0.05) is 29.9 Å². The predicted molar refractivity (Wildman–Crippen MR) is 139 cm³/mol. The van der Waals surface area contributed by atoms with E-state index < -0.39 is 17.7 Å². The Balaban J connectivity index is 0.000000711. The SMILES string of the molecule is CC.CCO.O=C(Nc1cn(C2CCCCC2)nc1-c1nc(F)ccc1F)c1csc(-c2cn[nH]c2)n1. The molecule has 0 spiro atoms. The van der Waals surface area contributed by atoms with Crippen molar-refractivity contribution >= 4 is 22.9 Å². The van der Waals surface area contributed by atoms with Crippen LogP contribution in [-0.4, -0.2) is 47.6 Å². The van der Waals surface area contributed by atoms with E-state index in [2.05, 4.69) is 30.6 Å². The molecule has 0 aromatic carbocycles. The summed E-state index contributed by atoms with van der Waals surface area (Å²) in [7, 11) is 0. The van der Waals surface area contributed by atoms with Crippen LogP contribution in [0.5, 0.6) is 0 Å². The molecule has 0 unspecified atom stereocenters. The number of rotatable bonds is 5. The summed E-state index contributed by atoms with van der Waals surface area (Å²) in [6.45, 7) is 5.93. The fraction of sp³-hybridized carbons (Fsp3) is 0.400. The smallest absolute Gasteiger partial charge is 0.275 e. The number of pyridine rings is 1. The molecule has 198 valence electrons. The fourth-order valence-electron chi connectivity index (χ4n) is 3.84. The molecule has 4 aromatic rings. The van der Waals surface area contributed by atoms with Crippen LogP contribution in [0.3, 0.4) is 0 Å². The summed E-state index contributed by atoms with van der Waals surface area (Å²) in [5, 5.41) is 23.7. The average Bonchev–Trinajstić information content (AvgIpc) is 3.69. The molecule has 9 nitrogen and oxygen atoms in total. The lowest BCUT2D eigenvalue weighted by atomic mass is 9.96. The number of halogens is 2. The van der Waals surface area contributed by atoms with Gasteiger partial charge in [0.1, 0.15) is 22.1 Å². The highest BCUT2D eigenvalue weighted by Crippen LogP contribution is 2.33. The van der Waals surface area contributed by atoms with Crippen LogP contribution in [0.4, 0.5) is 14.5 Å². The number of amides is 1. The van der Waals surface area contributed by atoms with Gasteiger partial charge < -0.3 is 10.4 Å². The molecule has 12 heteroatoms. The first-order chi connectivity index (χ1) is 18.0. The van der Waals surface area contributed by atoms with E-state index in [9.17, 15) is 13.6 Å². The molecular formula is C25H31F2N7O2S. The van der Waals surface area contributed by atoms with Crippen molar-refractivity contribution < 1.29 is 18.7 Å². The molecule has 1 aliphatic carbocycles. The van der Waals surface area contributed by atoms with Crippen LogP contribution in [0.15, 0.2) is 36.1 Å². The maximum absolute atomic E-state index is 14.5. The highest BCUT2D eigenvalue weighted by Gasteiger charge is 2.24. The van der Waals surface area contributed by atoms with Gasteiger partial charge in [0.25, 0.3) is 5.91 Å². The maximum atomic E-state index is 14.5. The molecular weight excluding hydrogens is 500 g/mol. The van der Waals surface area contributed by atoms with Gasteiger partial charge in [-0.25, -0.2) is 14.4 Å². The zero-order valence-corrected chi connectivity index (χ0v) is 21.9. The third-order valence-electron chi connectivity index (χ3n) is 5.45. The number of H-pyrrole nitrogens is 1. The molecule has 3 N–H and O–H groups in total. The summed E-state index contributed by atoms with van der Waals surface area (Å²) in [6, 6.07) is 2.08. The number of aromatic nitrogens is 6.